The van der Waals surface area contributed by atoms with Crippen molar-refractivity contribution < 1.29 is 27.1 Å². The lowest BCUT2D eigenvalue weighted by atomic mass is 10.1. The predicted octanol–water partition coefficient (Wildman–Crippen LogP) is 4.81. The van der Waals surface area contributed by atoms with Crippen LogP contribution in [0.4, 0.5) is 23.2 Å². The van der Waals surface area contributed by atoms with Crippen molar-refractivity contribution in [1.29, 1.82) is 0 Å². The van der Waals surface area contributed by atoms with E-state index in [9.17, 15) is 22.4 Å². The number of amides is 1. The smallest absolute Gasteiger partial charge is 0.416 e. The number of hydrogen-bond donors (Lipinski definition) is 1. The van der Waals surface area contributed by atoms with Gasteiger partial charge in [0.15, 0.2) is 0 Å². The fourth-order valence-corrected chi connectivity index (χ4v) is 2.17. The number of carbonyl (C=O) groups excluding carboxylic acids is 1. The van der Waals surface area contributed by atoms with Gasteiger partial charge in [0.25, 0.3) is 0 Å². The van der Waals surface area contributed by atoms with E-state index in [1.54, 1.807) is 6.07 Å². The Morgan fingerprint density at radius 2 is 1.92 bits per heavy atom. The van der Waals surface area contributed by atoms with E-state index < -0.39 is 23.5 Å². The van der Waals surface area contributed by atoms with E-state index in [1.165, 1.54) is 24.3 Å². The van der Waals surface area contributed by atoms with E-state index in [4.69, 9.17) is 4.74 Å². The molecular formula is C18H17F4NO2. The molecule has 0 aliphatic carbocycles. The molecule has 134 valence electrons. The van der Waals surface area contributed by atoms with E-state index in [2.05, 4.69) is 5.32 Å². The number of ether oxygens (including phenoxy) is 1. The monoisotopic (exact) mass is 355 g/mol. The molecule has 2 aromatic rings. The molecule has 0 saturated carbocycles. The maximum Gasteiger partial charge on any atom is 0.416 e. The first-order valence-electron chi connectivity index (χ1n) is 7.68. The molecule has 7 heteroatoms. The molecule has 0 bridgehead atoms. The van der Waals surface area contributed by atoms with Gasteiger partial charge in [0.2, 0.25) is 5.91 Å². The molecule has 0 radical (unpaired) electrons. The predicted molar refractivity (Wildman–Crippen MR) is 86.0 cm³/mol. The molecular weight excluding hydrogens is 338 g/mol. The second-order valence-electron chi connectivity index (χ2n) is 5.41. The van der Waals surface area contributed by atoms with Crippen LogP contribution in [-0.2, 0) is 17.4 Å². The fourth-order valence-electron chi connectivity index (χ4n) is 2.17. The van der Waals surface area contributed by atoms with Gasteiger partial charge in [-0.25, -0.2) is 4.39 Å². The SMILES string of the molecule is CCCOc1ccc(C(F)(F)F)cc1NC(=O)Cc1cccc(F)c1. The van der Waals surface area contributed by atoms with Crippen molar-refractivity contribution in [3.8, 4) is 5.75 Å². The van der Waals surface area contributed by atoms with Gasteiger partial charge < -0.3 is 10.1 Å². The van der Waals surface area contributed by atoms with Gasteiger partial charge in [-0.05, 0) is 42.3 Å². The zero-order chi connectivity index (χ0) is 18.4. The lowest BCUT2D eigenvalue weighted by molar-refractivity contribution is -0.137. The maximum atomic E-state index is 13.2. The van der Waals surface area contributed by atoms with Gasteiger partial charge in [-0.2, -0.15) is 13.2 Å². The Morgan fingerprint density at radius 3 is 2.56 bits per heavy atom. The molecule has 0 fully saturated rings. The van der Waals surface area contributed by atoms with Gasteiger partial charge in [0.1, 0.15) is 11.6 Å². The highest BCUT2D eigenvalue weighted by molar-refractivity contribution is 5.93. The minimum absolute atomic E-state index is 0.0651. The summed E-state index contributed by atoms with van der Waals surface area (Å²) in [6.07, 6.45) is -4.04. The minimum atomic E-state index is -4.54. The zero-order valence-electron chi connectivity index (χ0n) is 13.5. The molecule has 25 heavy (non-hydrogen) atoms. The number of nitrogens with one attached hydrogen (secondary N) is 1. The van der Waals surface area contributed by atoms with Gasteiger partial charge in [-0.15, -0.1) is 0 Å². The van der Waals surface area contributed by atoms with Crippen LogP contribution < -0.4 is 10.1 Å². The molecule has 0 saturated heterocycles. The van der Waals surface area contributed by atoms with E-state index >= 15 is 0 Å². The normalized spacial score (nSPS) is 11.2. The van der Waals surface area contributed by atoms with Crippen LogP contribution >= 0.6 is 0 Å². The highest BCUT2D eigenvalue weighted by Gasteiger charge is 2.31. The van der Waals surface area contributed by atoms with Gasteiger partial charge in [-0.3, -0.25) is 4.79 Å². The summed E-state index contributed by atoms with van der Waals surface area (Å²) in [5.41, 5.74) is -0.539. The van der Waals surface area contributed by atoms with Crippen molar-refractivity contribution in [3.63, 3.8) is 0 Å². The van der Waals surface area contributed by atoms with Crippen LogP contribution in [0.25, 0.3) is 0 Å². The van der Waals surface area contributed by atoms with Crippen molar-refractivity contribution in [2.75, 3.05) is 11.9 Å². The molecule has 0 atom stereocenters. The summed E-state index contributed by atoms with van der Waals surface area (Å²) in [6.45, 7) is 2.16. The Kier molecular flexibility index (Phi) is 6.01. The third kappa shape index (κ3) is 5.48. The molecule has 0 heterocycles. The van der Waals surface area contributed by atoms with Crippen molar-refractivity contribution >= 4 is 11.6 Å². The summed E-state index contributed by atoms with van der Waals surface area (Å²) in [5, 5.41) is 2.41. The van der Waals surface area contributed by atoms with E-state index in [1.807, 2.05) is 6.92 Å². The quantitative estimate of drug-likeness (QED) is 0.755. The number of anilines is 1. The van der Waals surface area contributed by atoms with Crippen LogP contribution in [0.2, 0.25) is 0 Å². The summed E-state index contributed by atoms with van der Waals surface area (Å²) in [6, 6.07) is 8.35. The fraction of sp³-hybridized carbons (Fsp3) is 0.278. The Balaban J connectivity index is 2.20. The van der Waals surface area contributed by atoms with Crippen LogP contribution in [0.1, 0.15) is 24.5 Å². The van der Waals surface area contributed by atoms with Crippen molar-refractivity contribution in [1.82, 2.24) is 0 Å². The second-order valence-corrected chi connectivity index (χ2v) is 5.41. The van der Waals surface area contributed by atoms with Crippen LogP contribution in [0.3, 0.4) is 0 Å². The number of rotatable bonds is 6. The number of hydrogen-bond acceptors (Lipinski definition) is 2. The van der Waals surface area contributed by atoms with Gasteiger partial charge in [-0.1, -0.05) is 19.1 Å². The molecule has 1 N–H and O–H groups in total. The Morgan fingerprint density at radius 1 is 1.16 bits per heavy atom. The van der Waals surface area contributed by atoms with Gasteiger partial charge >= 0.3 is 6.18 Å². The standard InChI is InChI=1S/C18H17F4NO2/c1-2-8-25-16-7-6-13(18(20,21)22)11-15(16)23-17(24)10-12-4-3-5-14(19)9-12/h3-7,9,11H,2,8,10H2,1H3,(H,23,24). The maximum absolute atomic E-state index is 13.2. The molecule has 2 aromatic carbocycles. The number of carbonyl (C=O) groups is 1. The first-order chi connectivity index (χ1) is 11.8. The Bertz CT molecular complexity index is 744. The number of alkyl halides is 3. The average molecular weight is 355 g/mol. The van der Waals surface area contributed by atoms with Crippen LogP contribution in [-0.4, -0.2) is 12.5 Å². The molecule has 1 amide bonds. The van der Waals surface area contributed by atoms with E-state index in [0.29, 0.717) is 18.6 Å². The third-order valence-corrected chi connectivity index (χ3v) is 3.30. The topological polar surface area (TPSA) is 38.3 Å². The van der Waals surface area contributed by atoms with E-state index in [0.717, 1.165) is 12.1 Å². The number of halogens is 4. The van der Waals surface area contributed by atoms with Crippen LogP contribution in [0, 0.1) is 5.82 Å². The Labute approximate surface area is 142 Å². The average Bonchev–Trinajstić information content (AvgIpc) is 2.52. The molecule has 0 unspecified atom stereocenters. The van der Waals surface area contributed by atoms with Crippen molar-refractivity contribution in [3.05, 3.63) is 59.4 Å². The van der Waals surface area contributed by atoms with Crippen molar-refractivity contribution in [2.24, 2.45) is 0 Å². The largest absolute Gasteiger partial charge is 0.491 e. The highest BCUT2D eigenvalue weighted by Crippen LogP contribution is 2.35. The van der Waals surface area contributed by atoms with Crippen LogP contribution in [0.5, 0.6) is 5.75 Å². The van der Waals surface area contributed by atoms with Gasteiger partial charge in [0, 0.05) is 0 Å². The van der Waals surface area contributed by atoms with Gasteiger partial charge in [0.05, 0.1) is 24.3 Å². The first kappa shape index (κ1) is 18.8. The molecule has 0 spiro atoms. The summed E-state index contributed by atoms with van der Waals surface area (Å²) in [5.74, 6) is -0.898. The summed E-state index contributed by atoms with van der Waals surface area (Å²) >= 11 is 0. The Hall–Kier alpha value is -2.57. The number of benzene rings is 2. The lowest BCUT2D eigenvalue weighted by Gasteiger charge is -2.15. The molecule has 2 rings (SSSR count). The molecule has 3 nitrogen and oxygen atoms in total. The van der Waals surface area contributed by atoms with Crippen molar-refractivity contribution in [2.45, 2.75) is 25.9 Å². The highest BCUT2D eigenvalue weighted by atomic mass is 19.4. The first-order valence-corrected chi connectivity index (χ1v) is 7.68. The second kappa shape index (κ2) is 8.00. The van der Waals surface area contributed by atoms with E-state index in [-0.39, 0.29) is 17.9 Å². The lowest BCUT2D eigenvalue weighted by Crippen LogP contribution is -2.16. The molecule has 0 aliphatic heterocycles. The minimum Gasteiger partial charge on any atom is -0.491 e. The molecule has 0 aromatic heterocycles. The van der Waals surface area contributed by atoms with Crippen LogP contribution in [0.15, 0.2) is 42.5 Å². The molecule has 0 aliphatic rings. The summed E-state index contributed by atoms with van der Waals surface area (Å²) in [7, 11) is 0. The summed E-state index contributed by atoms with van der Waals surface area (Å²) < 4.78 is 57.2. The summed E-state index contributed by atoms with van der Waals surface area (Å²) in [4.78, 5) is 12.1. The third-order valence-electron chi connectivity index (χ3n) is 3.30. The zero-order valence-corrected chi connectivity index (χ0v) is 13.5.